The fourth-order valence-corrected chi connectivity index (χ4v) is 4.80. The molecule has 160 valence electrons. The average molecular weight is 428 g/mol. The normalized spacial score (nSPS) is 21.4. The minimum atomic E-state index is -4.63. The van der Waals surface area contributed by atoms with Crippen LogP contribution in [0.15, 0.2) is 47.8 Å². The number of hydrogen-bond acceptors (Lipinski definition) is 4. The summed E-state index contributed by atoms with van der Waals surface area (Å²) in [5, 5.41) is 14.1. The molecule has 0 atom stereocenters. The zero-order chi connectivity index (χ0) is 22.0. The van der Waals surface area contributed by atoms with E-state index in [2.05, 4.69) is 27.3 Å². The van der Waals surface area contributed by atoms with E-state index in [0.717, 1.165) is 41.2 Å². The van der Waals surface area contributed by atoms with Crippen LogP contribution in [0, 0.1) is 5.92 Å². The van der Waals surface area contributed by atoms with Crippen molar-refractivity contribution in [1.29, 1.82) is 0 Å². The third-order valence-corrected chi connectivity index (χ3v) is 6.14. The van der Waals surface area contributed by atoms with Crippen LogP contribution in [-0.4, -0.2) is 29.5 Å². The molecule has 0 aliphatic heterocycles. The molecule has 5 rings (SSSR count). The van der Waals surface area contributed by atoms with Gasteiger partial charge in [-0.2, -0.15) is 18.3 Å². The van der Waals surface area contributed by atoms with E-state index in [1.807, 2.05) is 17.7 Å². The van der Waals surface area contributed by atoms with Crippen molar-refractivity contribution in [1.82, 2.24) is 29.5 Å². The van der Waals surface area contributed by atoms with Crippen LogP contribution in [0.3, 0.4) is 0 Å². The van der Waals surface area contributed by atoms with Crippen LogP contribution in [0.25, 0.3) is 16.6 Å². The summed E-state index contributed by atoms with van der Waals surface area (Å²) in [5.74, 6) is 1.27. The third-order valence-electron chi connectivity index (χ3n) is 6.14. The van der Waals surface area contributed by atoms with E-state index in [4.69, 9.17) is 0 Å². The lowest BCUT2D eigenvalue weighted by Crippen LogP contribution is -2.43. The van der Waals surface area contributed by atoms with Crippen molar-refractivity contribution in [2.75, 3.05) is 0 Å². The van der Waals surface area contributed by atoms with Crippen molar-refractivity contribution in [2.24, 2.45) is 13.0 Å². The maximum Gasteiger partial charge on any atom is 0.418 e. The summed E-state index contributed by atoms with van der Waals surface area (Å²) in [6.45, 7) is 2.14. The molecule has 0 amide bonds. The summed E-state index contributed by atoms with van der Waals surface area (Å²) in [6.07, 6.45) is 0.558. The second-order valence-corrected chi connectivity index (χ2v) is 8.29. The van der Waals surface area contributed by atoms with Crippen molar-refractivity contribution in [3.8, 4) is 5.69 Å². The summed E-state index contributed by atoms with van der Waals surface area (Å²) in [4.78, 5) is 12.9. The number of aromatic amines is 1. The number of H-pyrrole nitrogens is 1. The summed E-state index contributed by atoms with van der Waals surface area (Å²) >= 11 is 0. The topological polar surface area (TPSA) is 81.4 Å². The Morgan fingerprint density at radius 3 is 2.68 bits per heavy atom. The van der Waals surface area contributed by atoms with Crippen molar-refractivity contribution in [3.63, 3.8) is 0 Å². The van der Waals surface area contributed by atoms with Gasteiger partial charge in [0.15, 0.2) is 0 Å². The SMILES string of the molecule is Cn1cnnc1[C@]1(c2cccc(-n3cc(C(F)(F)F)c4cn[nH]c4c3=O)c2)C[C@H](C)C1. The number of fused-ring (bicyclic) bond motifs is 1. The van der Waals surface area contributed by atoms with Crippen molar-refractivity contribution < 1.29 is 13.2 Å². The number of pyridine rings is 1. The molecule has 1 N–H and O–H groups in total. The van der Waals surface area contributed by atoms with E-state index in [1.54, 1.807) is 24.5 Å². The fraction of sp³-hybridized carbons (Fsp3) is 0.333. The molecule has 1 aromatic carbocycles. The number of rotatable bonds is 3. The molecule has 1 saturated carbocycles. The number of nitrogens with zero attached hydrogens (tertiary/aromatic N) is 5. The summed E-state index contributed by atoms with van der Waals surface area (Å²) in [6, 6.07) is 7.07. The lowest BCUT2D eigenvalue weighted by molar-refractivity contribution is -0.136. The molecule has 0 unspecified atom stereocenters. The molecular weight excluding hydrogens is 409 g/mol. The van der Waals surface area contributed by atoms with Crippen LogP contribution in [0.4, 0.5) is 13.2 Å². The molecular formula is C21H19F3N6O. The second kappa shape index (κ2) is 6.53. The van der Waals surface area contributed by atoms with E-state index >= 15 is 0 Å². The number of alkyl halides is 3. The third kappa shape index (κ3) is 2.88. The van der Waals surface area contributed by atoms with Crippen molar-refractivity contribution >= 4 is 10.9 Å². The van der Waals surface area contributed by atoms with Gasteiger partial charge in [0.05, 0.1) is 17.2 Å². The van der Waals surface area contributed by atoms with Crippen LogP contribution >= 0.6 is 0 Å². The molecule has 1 aliphatic carbocycles. The standard InChI is InChI=1S/C21H19F3N6O/c1-12-7-20(8-12,19-28-26-11-29(19)2)13-4-3-5-14(6-13)30-10-16(21(22,23)24)15-9-25-27-17(15)18(30)31/h3-6,9-12H,7-8H2,1-2H3,(H,25,27)/t12-,20+. The van der Waals surface area contributed by atoms with Crippen LogP contribution in [0.1, 0.15) is 36.7 Å². The van der Waals surface area contributed by atoms with E-state index in [0.29, 0.717) is 11.6 Å². The molecule has 1 aliphatic rings. The first-order chi connectivity index (χ1) is 14.7. The molecule has 31 heavy (non-hydrogen) atoms. The van der Waals surface area contributed by atoms with E-state index in [1.165, 1.54) is 0 Å². The first-order valence-corrected chi connectivity index (χ1v) is 9.82. The van der Waals surface area contributed by atoms with Gasteiger partial charge in [0.2, 0.25) is 0 Å². The van der Waals surface area contributed by atoms with Gasteiger partial charge in [0.25, 0.3) is 5.56 Å². The van der Waals surface area contributed by atoms with Gasteiger partial charge < -0.3 is 4.57 Å². The maximum atomic E-state index is 13.7. The fourth-order valence-electron chi connectivity index (χ4n) is 4.80. The Morgan fingerprint density at radius 1 is 1.26 bits per heavy atom. The Kier molecular flexibility index (Phi) is 4.11. The molecule has 4 aromatic rings. The zero-order valence-electron chi connectivity index (χ0n) is 16.8. The minimum Gasteiger partial charge on any atom is -0.320 e. The lowest BCUT2D eigenvalue weighted by Gasteiger charge is -2.46. The van der Waals surface area contributed by atoms with Crippen LogP contribution in [0.2, 0.25) is 0 Å². The summed E-state index contributed by atoms with van der Waals surface area (Å²) < 4.78 is 43.9. The van der Waals surface area contributed by atoms with Gasteiger partial charge in [0, 0.05) is 24.3 Å². The molecule has 0 bridgehead atoms. The van der Waals surface area contributed by atoms with Gasteiger partial charge in [-0.15, -0.1) is 10.2 Å². The quantitative estimate of drug-likeness (QED) is 0.541. The first-order valence-electron chi connectivity index (χ1n) is 9.82. The number of aryl methyl sites for hydroxylation is 1. The first kappa shape index (κ1) is 19.5. The molecule has 0 radical (unpaired) electrons. The lowest BCUT2D eigenvalue weighted by atomic mass is 9.58. The monoisotopic (exact) mass is 428 g/mol. The number of hydrogen-bond donors (Lipinski definition) is 1. The highest BCUT2D eigenvalue weighted by molar-refractivity contribution is 5.81. The highest BCUT2D eigenvalue weighted by atomic mass is 19.4. The Labute approximate surface area is 174 Å². The maximum absolute atomic E-state index is 13.7. The smallest absolute Gasteiger partial charge is 0.320 e. The predicted molar refractivity (Wildman–Crippen MR) is 107 cm³/mol. The Balaban J connectivity index is 1.70. The van der Waals surface area contributed by atoms with Crippen molar-refractivity contribution in [2.45, 2.75) is 31.4 Å². The number of nitrogens with one attached hydrogen (secondary N) is 1. The van der Waals surface area contributed by atoms with Gasteiger partial charge in [-0.3, -0.25) is 14.5 Å². The molecule has 3 aromatic heterocycles. The molecule has 10 heteroatoms. The average Bonchev–Trinajstić information content (AvgIpc) is 3.34. The molecule has 3 heterocycles. The zero-order valence-corrected chi connectivity index (χ0v) is 16.8. The van der Waals surface area contributed by atoms with Gasteiger partial charge in [-0.05, 0) is 36.5 Å². The van der Waals surface area contributed by atoms with Gasteiger partial charge >= 0.3 is 6.18 Å². The Morgan fingerprint density at radius 2 is 2.03 bits per heavy atom. The molecule has 0 saturated heterocycles. The molecule has 1 fully saturated rings. The molecule has 0 spiro atoms. The van der Waals surface area contributed by atoms with Gasteiger partial charge in [-0.1, -0.05) is 19.1 Å². The van der Waals surface area contributed by atoms with Crippen molar-refractivity contribution in [3.05, 3.63) is 70.3 Å². The minimum absolute atomic E-state index is 0.180. The van der Waals surface area contributed by atoms with Gasteiger partial charge in [-0.25, -0.2) is 0 Å². The van der Waals surface area contributed by atoms with Crippen LogP contribution < -0.4 is 5.56 Å². The van der Waals surface area contributed by atoms with Crippen LogP contribution in [0.5, 0.6) is 0 Å². The predicted octanol–water partition coefficient (Wildman–Crippen LogP) is 3.58. The summed E-state index contributed by atoms with van der Waals surface area (Å²) in [5.41, 5.74) is -0.834. The van der Waals surface area contributed by atoms with E-state index < -0.39 is 22.7 Å². The van der Waals surface area contributed by atoms with Gasteiger partial charge in [0.1, 0.15) is 17.7 Å². The highest BCUT2D eigenvalue weighted by Crippen LogP contribution is 2.51. The van der Waals surface area contributed by atoms with E-state index in [9.17, 15) is 18.0 Å². The Hall–Kier alpha value is -3.43. The largest absolute Gasteiger partial charge is 0.418 e. The highest BCUT2D eigenvalue weighted by Gasteiger charge is 2.48. The number of benzene rings is 1. The summed E-state index contributed by atoms with van der Waals surface area (Å²) in [7, 11) is 1.87. The second-order valence-electron chi connectivity index (χ2n) is 8.29. The Bertz CT molecular complexity index is 1340. The van der Waals surface area contributed by atoms with E-state index in [-0.39, 0.29) is 10.9 Å². The number of halogens is 3. The molecule has 7 nitrogen and oxygen atoms in total. The number of aromatic nitrogens is 6. The van der Waals surface area contributed by atoms with Crippen LogP contribution in [-0.2, 0) is 18.6 Å².